The van der Waals surface area contributed by atoms with Crippen LogP contribution in [0.15, 0.2) is 42.5 Å². The summed E-state index contributed by atoms with van der Waals surface area (Å²) in [5.41, 5.74) is 1.55. The number of carboxylic acid groups (broad SMARTS) is 1. The maximum atomic E-state index is 13.1. The minimum atomic E-state index is -0.978. The summed E-state index contributed by atoms with van der Waals surface area (Å²) >= 11 is 0. The van der Waals surface area contributed by atoms with Crippen LogP contribution < -0.4 is 14.2 Å². The van der Waals surface area contributed by atoms with E-state index in [4.69, 9.17) is 19.0 Å². The van der Waals surface area contributed by atoms with Gasteiger partial charge in [-0.15, -0.1) is 0 Å². The van der Waals surface area contributed by atoms with Crippen molar-refractivity contribution in [2.75, 3.05) is 21.3 Å². The van der Waals surface area contributed by atoms with E-state index in [0.29, 0.717) is 23.5 Å². The molecule has 0 saturated carbocycles. The number of unbranched alkanes of at least 4 members (excludes halogenated alkanes) is 1. The van der Waals surface area contributed by atoms with E-state index in [1.807, 2.05) is 31.2 Å². The van der Waals surface area contributed by atoms with Crippen LogP contribution in [0, 0.1) is 5.92 Å². The number of hydrogen-bond donors (Lipinski definition) is 1. The molecule has 2 aromatic carbocycles. The van der Waals surface area contributed by atoms with Crippen molar-refractivity contribution in [3.8, 4) is 17.2 Å². The zero-order valence-corrected chi connectivity index (χ0v) is 19.7. The lowest BCUT2D eigenvalue weighted by Crippen LogP contribution is -2.33. The van der Waals surface area contributed by atoms with Gasteiger partial charge in [0.2, 0.25) is 5.91 Å². The maximum absolute atomic E-state index is 13.1. The monoisotopic (exact) mass is 459 g/mol. The van der Waals surface area contributed by atoms with E-state index < -0.39 is 17.8 Å². The molecular formula is C25H33NO7. The van der Waals surface area contributed by atoms with Gasteiger partial charge in [-0.2, -0.15) is 0 Å². The van der Waals surface area contributed by atoms with Gasteiger partial charge in [-0.3, -0.25) is 14.4 Å². The molecule has 0 fully saturated rings. The first kappa shape index (κ1) is 26.0. The van der Waals surface area contributed by atoms with Crippen LogP contribution in [0.3, 0.4) is 0 Å². The Kier molecular flexibility index (Phi) is 10.5. The SMILES string of the molecule is CCCCC(CC(=O)N(Cc1ccc(OC)cc1OC)OCc1ccc(OC)cc1)C(=O)O. The number of carbonyl (C=O) groups excluding carboxylic acids is 1. The second-order valence-corrected chi connectivity index (χ2v) is 7.61. The zero-order chi connectivity index (χ0) is 24.2. The number of carboxylic acids is 1. The minimum absolute atomic E-state index is 0.0995. The van der Waals surface area contributed by atoms with E-state index in [-0.39, 0.29) is 19.6 Å². The van der Waals surface area contributed by atoms with E-state index in [1.165, 1.54) is 12.2 Å². The third-order valence-corrected chi connectivity index (χ3v) is 5.31. The van der Waals surface area contributed by atoms with Crippen LogP contribution in [-0.4, -0.2) is 43.4 Å². The number of methoxy groups -OCH3 is 3. The molecular weight excluding hydrogens is 426 g/mol. The quantitative estimate of drug-likeness (QED) is 0.417. The van der Waals surface area contributed by atoms with E-state index >= 15 is 0 Å². The molecule has 0 aromatic heterocycles. The van der Waals surface area contributed by atoms with Crippen LogP contribution in [0.1, 0.15) is 43.7 Å². The highest BCUT2D eigenvalue weighted by atomic mass is 16.7. The first-order valence-electron chi connectivity index (χ1n) is 10.9. The second kappa shape index (κ2) is 13.3. The molecule has 8 heteroatoms. The van der Waals surface area contributed by atoms with Gasteiger partial charge >= 0.3 is 5.97 Å². The Hall–Kier alpha value is -3.26. The van der Waals surface area contributed by atoms with E-state index in [9.17, 15) is 14.7 Å². The molecule has 1 amide bonds. The standard InChI is InChI=1S/C25H33NO7/c1-5-6-7-19(25(28)29)14-24(27)26(33-17-18-8-11-21(30-2)12-9-18)16-20-10-13-22(31-3)15-23(20)32-4/h8-13,15,19H,5-7,14,16-17H2,1-4H3,(H,28,29). The van der Waals surface area contributed by atoms with Gasteiger partial charge in [-0.1, -0.05) is 31.9 Å². The Morgan fingerprint density at radius 1 is 0.970 bits per heavy atom. The van der Waals surface area contributed by atoms with Crippen molar-refractivity contribution in [3.05, 3.63) is 53.6 Å². The van der Waals surface area contributed by atoms with Crippen molar-refractivity contribution in [1.82, 2.24) is 5.06 Å². The van der Waals surface area contributed by atoms with Gasteiger partial charge in [0.1, 0.15) is 23.9 Å². The molecule has 0 heterocycles. The van der Waals surface area contributed by atoms with Crippen LogP contribution >= 0.6 is 0 Å². The maximum Gasteiger partial charge on any atom is 0.307 e. The highest BCUT2D eigenvalue weighted by molar-refractivity contribution is 5.81. The van der Waals surface area contributed by atoms with Crippen LogP contribution in [0.4, 0.5) is 0 Å². The number of rotatable bonds is 14. The molecule has 1 N–H and O–H groups in total. The number of carbonyl (C=O) groups is 2. The Bertz CT molecular complexity index is 898. The molecule has 2 aromatic rings. The molecule has 8 nitrogen and oxygen atoms in total. The molecule has 1 unspecified atom stereocenters. The van der Waals surface area contributed by atoms with Gasteiger partial charge in [0.15, 0.2) is 0 Å². The zero-order valence-electron chi connectivity index (χ0n) is 19.7. The molecule has 0 aliphatic carbocycles. The van der Waals surface area contributed by atoms with Crippen molar-refractivity contribution >= 4 is 11.9 Å². The molecule has 180 valence electrons. The average Bonchev–Trinajstić information content (AvgIpc) is 2.84. The number of amides is 1. The summed E-state index contributed by atoms with van der Waals surface area (Å²) in [7, 11) is 4.68. The predicted octanol–water partition coefficient (Wildman–Crippen LogP) is 4.45. The smallest absolute Gasteiger partial charge is 0.307 e. The van der Waals surface area contributed by atoms with E-state index in [2.05, 4.69) is 0 Å². The summed E-state index contributed by atoms with van der Waals surface area (Å²) in [4.78, 5) is 30.7. The number of aliphatic carboxylic acids is 1. The average molecular weight is 460 g/mol. The Balaban J connectivity index is 2.22. The van der Waals surface area contributed by atoms with Gasteiger partial charge in [0, 0.05) is 18.1 Å². The van der Waals surface area contributed by atoms with Crippen molar-refractivity contribution in [2.24, 2.45) is 5.92 Å². The highest BCUT2D eigenvalue weighted by Crippen LogP contribution is 2.27. The number of ether oxygens (including phenoxy) is 3. The third-order valence-electron chi connectivity index (χ3n) is 5.31. The first-order valence-corrected chi connectivity index (χ1v) is 10.9. The lowest BCUT2D eigenvalue weighted by atomic mass is 9.98. The van der Waals surface area contributed by atoms with Gasteiger partial charge in [0.25, 0.3) is 0 Å². The fourth-order valence-electron chi connectivity index (χ4n) is 3.29. The van der Waals surface area contributed by atoms with Crippen molar-refractivity contribution in [1.29, 1.82) is 0 Å². The molecule has 0 aliphatic heterocycles. The normalized spacial score (nSPS) is 11.5. The van der Waals surface area contributed by atoms with Gasteiger partial charge in [-0.05, 0) is 36.2 Å². The van der Waals surface area contributed by atoms with Gasteiger partial charge in [0.05, 0.1) is 33.8 Å². The molecule has 0 aliphatic rings. The Morgan fingerprint density at radius 2 is 1.64 bits per heavy atom. The molecule has 0 saturated heterocycles. The predicted molar refractivity (Wildman–Crippen MR) is 123 cm³/mol. The van der Waals surface area contributed by atoms with Crippen molar-refractivity contribution < 1.29 is 33.7 Å². The van der Waals surface area contributed by atoms with Gasteiger partial charge in [-0.25, -0.2) is 5.06 Å². The second-order valence-electron chi connectivity index (χ2n) is 7.61. The highest BCUT2D eigenvalue weighted by Gasteiger charge is 2.26. The molecule has 0 spiro atoms. The summed E-state index contributed by atoms with van der Waals surface area (Å²) in [6.07, 6.45) is 1.90. The van der Waals surface area contributed by atoms with E-state index in [0.717, 1.165) is 24.2 Å². The van der Waals surface area contributed by atoms with E-state index in [1.54, 1.807) is 32.4 Å². The lowest BCUT2D eigenvalue weighted by molar-refractivity contribution is -0.197. The topological polar surface area (TPSA) is 94.5 Å². The Labute approximate surface area is 195 Å². The fourth-order valence-corrected chi connectivity index (χ4v) is 3.29. The fraction of sp³-hybridized carbons (Fsp3) is 0.440. The number of benzene rings is 2. The van der Waals surface area contributed by atoms with Crippen molar-refractivity contribution in [3.63, 3.8) is 0 Å². The first-order chi connectivity index (χ1) is 15.9. The molecule has 1 atom stereocenters. The number of nitrogens with zero attached hydrogens (tertiary/aromatic N) is 1. The largest absolute Gasteiger partial charge is 0.497 e. The van der Waals surface area contributed by atoms with Crippen LogP contribution in [0.25, 0.3) is 0 Å². The summed E-state index contributed by atoms with van der Waals surface area (Å²) < 4.78 is 15.9. The number of hydroxylamine groups is 2. The minimum Gasteiger partial charge on any atom is -0.497 e. The molecule has 0 radical (unpaired) electrons. The summed E-state index contributed by atoms with van der Waals surface area (Å²) in [5.74, 6) is -0.255. The molecule has 33 heavy (non-hydrogen) atoms. The van der Waals surface area contributed by atoms with Crippen LogP contribution in [-0.2, 0) is 27.6 Å². The molecule has 2 rings (SSSR count). The third kappa shape index (κ3) is 7.98. The van der Waals surface area contributed by atoms with Crippen LogP contribution in [0.2, 0.25) is 0 Å². The number of hydrogen-bond acceptors (Lipinski definition) is 6. The lowest BCUT2D eigenvalue weighted by Gasteiger charge is -2.24. The molecule has 0 bridgehead atoms. The summed E-state index contributed by atoms with van der Waals surface area (Å²) in [6.45, 7) is 2.23. The van der Waals surface area contributed by atoms with Gasteiger partial charge < -0.3 is 19.3 Å². The summed E-state index contributed by atoms with van der Waals surface area (Å²) in [5, 5.41) is 10.8. The Morgan fingerprint density at radius 3 is 2.21 bits per heavy atom. The van der Waals surface area contributed by atoms with Crippen molar-refractivity contribution in [2.45, 2.75) is 45.8 Å². The van der Waals surface area contributed by atoms with Crippen LogP contribution in [0.5, 0.6) is 17.2 Å². The summed E-state index contributed by atoms with van der Waals surface area (Å²) in [6, 6.07) is 12.6.